The van der Waals surface area contributed by atoms with E-state index in [0.717, 1.165) is 18.7 Å². The first-order chi connectivity index (χ1) is 6.95. The van der Waals surface area contributed by atoms with Gasteiger partial charge in [0, 0.05) is 18.8 Å². The zero-order valence-electron chi connectivity index (χ0n) is 8.02. The van der Waals surface area contributed by atoms with Crippen LogP contribution in [0, 0.1) is 0 Å². The van der Waals surface area contributed by atoms with Crippen molar-refractivity contribution in [2.45, 2.75) is 12.5 Å². The molecule has 0 saturated carbocycles. The van der Waals surface area contributed by atoms with Crippen LogP contribution >= 0.6 is 0 Å². The number of aromatic nitrogens is 1. The predicted octanol–water partition coefficient (Wildman–Crippen LogP) is 1.38. The first kappa shape index (κ1) is 9.21. The molecule has 0 fully saturated rings. The third-order valence-corrected chi connectivity index (χ3v) is 2.20. The molecule has 2 rings (SSSR count). The lowest BCUT2D eigenvalue weighted by Crippen LogP contribution is -2.36. The molecule has 1 atom stereocenters. The first-order valence-electron chi connectivity index (χ1n) is 4.86. The summed E-state index contributed by atoms with van der Waals surface area (Å²) in [7, 11) is 0. The van der Waals surface area contributed by atoms with Crippen molar-refractivity contribution in [2.24, 2.45) is 0 Å². The smallest absolute Gasteiger partial charge is 0.137 e. The lowest BCUT2D eigenvalue weighted by Gasteiger charge is -2.19. The Labute approximate surface area is 83.8 Å². The lowest BCUT2D eigenvalue weighted by atomic mass is 10.1. The molecule has 1 N–H and O–H groups in total. The highest BCUT2D eigenvalue weighted by molar-refractivity contribution is 5.15. The second-order valence-corrected chi connectivity index (χ2v) is 3.31. The largest absolute Gasteiger partial charge is 0.490 e. The average molecular weight is 190 g/mol. The van der Waals surface area contributed by atoms with Crippen molar-refractivity contribution < 1.29 is 4.74 Å². The van der Waals surface area contributed by atoms with Crippen LogP contribution < -0.4 is 10.1 Å². The van der Waals surface area contributed by atoms with Gasteiger partial charge in [-0.05, 0) is 18.6 Å². The fraction of sp³-hybridized carbons (Fsp3) is 0.364. The zero-order valence-corrected chi connectivity index (χ0v) is 8.02. The molecule has 0 bridgehead atoms. The van der Waals surface area contributed by atoms with Crippen LogP contribution in [0.2, 0.25) is 0 Å². The molecule has 2 heterocycles. The van der Waals surface area contributed by atoms with Gasteiger partial charge in [-0.1, -0.05) is 12.2 Å². The van der Waals surface area contributed by atoms with E-state index in [4.69, 9.17) is 4.74 Å². The molecule has 0 radical (unpaired) electrons. The van der Waals surface area contributed by atoms with E-state index < -0.39 is 0 Å². The van der Waals surface area contributed by atoms with Gasteiger partial charge in [-0.2, -0.15) is 0 Å². The Bertz CT molecular complexity index is 297. The molecular weight excluding hydrogens is 176 g/mol. The van der Waals surface area contributed by atoms with Gasteiger partial charge in [0.05, 0.1) is 6.20 Å². The van der Waals surface area contributed by atoms with Crippen LogP contribution in [-0.2, 0) is 0 Å². The summed E-state index contributed by atoms with van der Waals surface area (Å²) in [6, 6.07) is 4.23. The maximum absolute atomic E-state index is 5.59. The van der Waals surface area contributed by atoms with Gasteiger partial charge >= 0.3 is 0 Å². The van der Waals surface area contributed by atoms with E-state index in [1.54, 1.807) is 12.4 Å². The van der Waals surface area contributed by atoms with Crippen LogP contribution in [0.1, 0.15) is 6.42 Å². The van der Waals surface area contributed by atoms with Crippen molar-refractivity contribution in [3.05, 3.63) is 36.7 Å². The molecule has 0 spiro atoms. The molecular formula is C11H14N2O. The number of hydrogen-bond acceptors (Lipinski definition) is 3. The molecule has 0 aromatic carbocycles. The first-order valence-corrected chi connectivity index (χ1v) is 4.86. The summed E-state index contributed by atoms with van der Waals surface area (Å²) in [5, 5.41) is 3.36. The van der Waals surface area contributed by atoms with Crippen LogP contribution in [0.5, 0.6) is 5.75 Å². The van der Waals surface area contributed by atoms with Gasteiger partial charge in [-0.15, -0.1) is 0 Å². The molecule has 1 aromatic rings. The quantitative estimate of drug-likeness (QED) is 0.731. The number of ether oxygens (including phenoxy) is 1. The van der Waals surface area contributed by atoms with Crippen LogP contribution in [0.15, 0.2) is 36.7 Å². The predicted molar refractivity (Wildman–Crippen MR) is 55.3 cm³/mol. The third-order valence-electron chi connectivity index (χ3n) is 2.20. The van der Waals surface area contributed by atoms with Crippen LogP contribution in [0.3, 0.4) is 0 Å². The summed E-state index contributed by atoms with van der Waals surface area (Å²) in [6.07, 6.45) is 8.85. The molecule has 74 valence electrons. The average Bonchev–Trinajstić information content (AvgIpc) is 2.29. The van der Waals surface area contributed by atoms with Gasteiger partial charge in [0.15, 0.2) is 0 Å². The van der Waals surface area contributed by atoms with Crippen molar-refractivity contribution in [1.82, 2.24) is 10.3 Å². The number of hydrogen-bond donors (Lipinski definition) is 1. The van der Waals surface area contributed by atoms with Gasteiger partial charge in [0.2, 0.25) is 0 Å². The topological polar surface area (TPSA) is 34.1 Å². The molecule has 0 saturated heterocycles. The second-order valence-electron chi connectivity index (χ2n) is 3.31. The Morgan fingerprint density at radius 3 is 3.21 bits per heavy atom. The number of pyridine rings is 1. The van der Waals surface area contributed by atoms with E-state index in [0.29, 0.717) is 12.6 Å². The molecule has 1 unspecified atom stereocenters. The summed E-state index contributed by atoms with van der Waals surface area (Å²) in [5.41, 5.74) is 0. The fourth-order valence-electron chi connectivity index (χ4n) is 1.42. The molecule has 1 aliphatic rings. The molecule has 14 heavy (non-hydrogen) atoms. The van der Waals surface area contributed by atoms with E-state index in [2.05, 4.69) is 22.5 Å². The molecule has 1 aliphatic heterocycles. The number of rotatable bonds is 3. The monoisotopic (exact) mass is 190 g/mol. The van der Waals surface area contributed by atoms with Crippen LogP contribution in [0.4, 0.5) is 0 Å². The van der Waals surface area contributed by atoms with Crippen molar-refractivity contribution in [1.29, 1.82) is 0 Å². The van der Waals surface area contributed by atoms with Gasteiger partial charge in [-0.3, -0.25) is 4.98 Å². The highest BCUT2D eigenvalue weighted by Crippen LogP contribution is 2.08. The van der Waals surface area contributed by atoms with Crippen molar-refractivity contribution in [3.63, 3.8) is 0 Å². The maximum atomic E-state index is 5.59. The van der Waals surface area contributed by atoms with Gasteiger partial charge in [0.1, 0.15) is 12.4 Å². The summed E-state index contributed by atoms with van der Waals surface area (Å²) < 4.78 is 5.59. The highest BCUT2D eigenvalue weighted by Gasteiger charge is 2.08. The summed E-state index contributed by atoms with van der Waals surface area (Å²) >= 11 is 0. The molecule has 0 amide bonds. The zero-order chi connectivity index (χ0) is 9.64. The van der Waals surface area contributed by atoms with E-state index >= 15 is 0 Å². The summed E-state index contributed by atoms with van der Waals surface area (Å²) in [5.74, 6) is 0.837. The minimum absolute atomic E-state index is 0.431. The Balaban J connectivity index is 1.80. The summed E-state index contributed by atoms with van der Waals surface area (Å²) in [4.78, 5) is 3.99. The van der Waals surface area contributed by atoms with Crippen molar-refractivity contribution >= 4 is 0 Å². The van der Waals surface area contributed by atoms with Crippen LogP contribution in [0.25, 0.3) is 0 Å². The SMILES string of the molecule is C1=CCC(COc2cccnc2)NC1. The minimum Gasteiger partial charge on any atom is -0.490 e. The van der Waals surface area contributed by atoms with E-state index in [1.165, 1.54) is 0 Å². The van der Waals surface area contributed by atoms with Crippen molar-refractivity contribution in [2.75, 3.05) is 13.2 Å². The Morgan fingerprint density at radius 1 is 1.50 bits per heavy atom. The maximum Gasteiger partial charge on any atom is 0.137 e. The highest BCUT2D eigenvalue weighted by atomic mass is 16.5. The standard InChI is InChI=1S/C11H14N2O/c1-2-7-13-10(4-1)9-14-11-5-3-6-12-8-11/h1-3,5-6,8,10,13H,4,7,9H2. The van der Waals surface area contributed by atoms with Gasteiger partial charge in [-0.25, -0.2) is 0 Å². The minimum atomic E-state index is 0.431. The van der Waals surface area contributed by atoms with E-state index in [9.17, 15) is 0 Å². The third kappa shape index (κ3) is 2.57. The molecule has 3 heteroatoms. The van der Waals surface area contributed by atoms with Crippen LogP contribution in [-0.4, -0.2) is 24.2 Å². The Morgan fingerprint density at radius 2 is 2.50 bits per heavy atom. The van der Waals surface area contributed by atoms with Crippen molar-refractivity contribution in [3.8, 4) is 5.75 Å². The number of nitrogens with zero attached hydrogens (tertiary/aromatic N) is 1. The molecule has 3 nitrogen and oxygen atoms in total. The van der Waals surface area contributed by atoms with Gasteiger partial charge < -0.3 is 10.1 Å². The number of nitrogens with one attached hydrogen (secondary N) is 1. The fourth-order valence-corrected chi connectivity index (χ4v) is 1.42. The Hall–Kier alpha value is -1.35. The summed E-state index contributed by atoms with van der Waals surface area (Å²) in [6.45, 7) is 1.65. The van der Waals surface area contributed by atoms with E-state index in [1.807, 2.05) is 12.1 Å². The van der Waals surface area contributed by atoms with Gasteiger partial charge in [0.25, 0.3) is 0 Å². The second kappa shape index (κ2) is 4.77. The normalized spacial score (nSPS) is 20.7. The molecule has 0 aliphatic carbocycles. The Kier molecular flexibility index (Phi) is 3.14. The lowest BCUT2D eigenvalue weighted by molar-refractivity contribution is 0.264. The van der Waals surface area contributed by atoms with E-state index in [-0.39, 0.29) is 0 Å². The molecule has 1 aromatic heterocycles.